The van der Waals surface area contributed by atoms with E-state index in [1.54, 1.807) is 0 Å². The average molecular weight is 229 g/mol. The van der Waals surface area contributed by atoms with E-state index in [0.717, 1.165) is 32.4 Å². The first-order valence-electron chi connectivity index (χ1n) is 6.82. The molecule has 1 rings (SSSR count). The molecule has 3 heteroatoms. The Kier molecular flexibility index (Phi) is 7.81. The summed E-state index contributed by atoms with van der Waals surface area (Å²) < 4.78 is 5.72. The molecule has 1 saturated heterocycles. The number of rotatable bonds is 8. The molecule has 0 aromatic carbocycles. The lowest BCUT2D eigenvalue weighted by molar-refractivity contribution is -0.00312. The molecule has 96 valence electrons. The Morgan fingerprint density at radius 1 is 1.31 bits per heavy atom. The van der Waals surface area contributed by atoms with Crippen LogP contribution in [0.4, 0.5) is 0 Å². The Labute approximate surface area is 99.6 Å². The summed E-state index contributed by atoms with van der Waals surface area (Å²) in [6.07, 6.45) is 8.47. The zero-order valence-corrected chi connectivity index (χ0v) is 10.6. The summed E-state index contributed by atoms with van der Waals surface area (Å²) in [6, 6.07) is 0.652. The number of ether oxygens (including phenoxy) is 1. The van der Waals surface area contributed by atoms with Gasteiger partial charge in [-0.15, -0.1) is 0 Å². The third-order valence-electron chi connectivity index (χ3n) is 3.25. The first-order valence-corrected chi connectivity index (χ1v) is 6.82. The van der Waals surface area contributed by atoms with Crippen molar-refractivity contribution in [2.75, 3.05) is 19.8 Å². The summed E-state index contributed by atoms with van der Waals surface area (Å²) in [5, 5.41) is 12.3. The molecule has 2 atom stereocenters. The second-order valence-electron chi connectivity index (χ2n) is 4.74. The van der Waals surface area contributed by atoms with E-state index in [0.29, 0.717) is 18.8 Å². The summed E-state index contributed by atoms with van der Waals surface area (Å²) >= 11 is 0. The van der Waals surface area contributed by atoms with Gasteiger partial charge in [0.05, 0.1) is 6.10 Å². The quantitative estimate of drug-likeness (QED) is 0.626. The van der Waals surface area contributed by atoms with Gasteiger partial charge in [0.1, 0.15) is 0 Å². The maximum atomic E-state index is 8.67. The second-order valence-corrected chi connectivity index (χ2v) is 4.74. The van der Waals surface area contributed by atoms with E-state index in [2.05, 4.69) is 12.2 Å². The van der Waals surface area contributed by atoms with Crippen LogP contribution in [0.5, 0.6) is 0 Å². The minimum Gasteiger partial charge on any atom is -0.396 e. The molecule has 3 nitrogen and oxygen atoms in total. The van der Waals surface area contributed by atoms with E-state index in [1.807, 2.05) is 0 Å². The minimum atomic E-state index is 0.329. The molecular formula is C13H27NO2. The van der Waals surface area contributed by atoms with Gasteiger partial charge in [0.25, 0.3) is 0 Å². The lowest BCUT2D eigenvalue weighted by atomic mass is 10.00. The van der Waals surface area contributed by atoms with E-state index < -0.39 is 0 Å². The predicted octanol–water partition coefficient (Wildman–Crippen LogP) is 2.09. The van der Waals surface area contributed by atoms with Crippen LogP contribution in [0, 0.1) is 0 Å². The molecule has 2 unspecified atom stereocenters. The summed E-state index contributed by atoms with van der Waals surface area (Å²) in [5.41, 5.74) is 0. The first kappa shape index (κ1) is 13.9. The molecule has 1 aliphatic rings. The predicted molar refractivity (Wildman–Crippen MR) is 66.6 cm³/mol. The third-order valence-corrected chi connectivity index (χ3v) is 3.25. The van der Waals surface area contributed by atoms with Crippen LogP contribution in [-0.2, 0) is 4.74 Å². The van der Waals surface area contributed by atoms with Gasteiger partial charge in [-0.05, 0) is 45.1 Å². The average Bonchev–Trinajstić information content (AvgIpc) is 2.30. The lowest BCUT2D eigenvalue weighted by Crippen LogP contribution is -2.39. The largest absolute Gasteiger partial charge is 0.396 e. The fraction of sp³-hybridized carbons (Fsp3) is 1.00. The van der Waals surface area contributed by atoms with Gasteiger partial charge in [-0.25, -0.2) is 0 Å². The Hall–Kier alpha value is -0.120. The van der Waals surface area contributed by atoms with Crippen molar-refractivity contribution in [3.05, 3.63) is 0 Å². The first-order chi connectivity index (χ1) is 7.86. The monoisotopic (exact) mass is 229 g/mol. The van der Waals surface area contributed by atoms with Crippen molar-refractivity contribution in [2.24, 2.45) is 0 Å². The van der Waals surface area contributed by atoms with Crippen LogP contribution >= 0.6 is 0 Å². The van der Waals surface area contributed by atoms with Gasteiger partial charge in [0, 0.05) is 19.3 Å². The maximum Gasteiger partial charge on any atom is 0.0589 e. The van der Waals surface area contributed by atoms with Crippen molar-refractivity contribution in [2.45, 2.75) is 64.0 Å². The van der Waals surface area contributed by atoms with Crippen molar-refractivity contribution in [3.8, 4) is 0 Å². The highest BCUT2D eigenvalue weighted by Gasteiger charge is 2.20. The Morgan fingerprint density at radius 3 is 2.94 bits per heavy atom. The number of hydrogen-bond acceptors (Lipinski definition) is 3. The third kappa shape index (κ3) is 5.83. The minimum absolute atomic E-state index is 0.329. The van der Waals surface area contributed by atoms with Crippen molar-refractivity contribution in [1.29, 1.82) is 0 Å². The molecule has 0 radical (unpaired) electrons. The van der Waals surface area contributed by atoms with Crippen LogP contribution in [0.15, 0.2) is 0 Å². The van der Waals surface area contributed by atoms with Gasteiger partial charge in [-0.1, -0.05) is 13.3 Å². The van der Waals surface area contributed by atoms with Crippen molar-refractivity contribution in [3.63, 3.8) is 0 Å². The van der Waals surface area contributed by atoms with Gasteiger partial charge in [0.2, 0.25) is 0 Å². The highest BCUT2D eigenvalue weighted by Crippen LogP contribution is 2.17. The Bertz CT molecular complexity index is 162. The van der Waals surface area contributed by atoms with Crippen LogP contribution in [0.3, 0.4) is 0 Å². The molecule has 0 amide bonds. The van der Waals surface area contributed by atoms with Gasteiger partial charge in [-0.2, -0.15) is 0 Å². The number of nitrogens with one attached hydrogen (secondary N) is 1. The van der Waals surface area contributed by atoms with Crippen molar-refractivity contribution >= 4 is 0 Å². The van der Waals surface area contributed by atoms with E-state index in [9.17, 15) is 0 Å². The van der Waals surface area contributed by atoms with Crippen LogP contribution in [-0.4, -0.2) is 37.0 Å². The maximum absolute atomic E-state index is 8.67. The summed E-state index contributed by atoms with van der Waals surface area (Å²) in [6.45, 7) is 4.55. The van der Waals surface area contributed by atoms with E-state index >= 15 is 0 Å². The highest BCUT2D eigenvalue weighted by atomic mass is 16.5. The smallest absolute Gasteiger partial charge is 0.0589 e. The fourth-order valence-corrected chi connectivity index (χ4v) is 2.31. The lowest BCUT2D eigenvalue weighted by Gasteiger charge is -2.30. The van der Waals surface area contributed by atoms with Crippen LogP contribution < -0.4 is 5.32 Å². The molecular weight excluding hydrogens is 202 g/mol. The number of unbranched alkanes of at least 4 members (excludes halogenated alkanes) is 2. The second kappa shape index (κ2) is 8.97. The van der Waals surface area contributed by atoms with Gasteiger partial charge < -0.3 is 15.2 Å². The van der Waals surface area contributed by atoms with E-state index in [4.69, 9.17) is 9.84 Å². The normalized spacial score (nSPS) is 25.9. The molecule has 0 aromatic heterocycles. The Morgan fingerprint density at radius 2 is 2.19 bits per heavy atom. The van der Waals surface area contributed by atoms with E-state index in [-0.39, 0.29) is 0 Å². The number of hydrogen-bond donors (Lipinski definition) is 2. The molecule has 16 heavy (non-hydrogen) atoms. The van der Waals surface area contributed by atoms with Crippen molar-refractivity contribution in [1.82, 2.24) is 5.32 Å². The van der Waals surface area contributed by atoms with Gasteiger partial charge in [-0.3, -0.25) is 0 Å². The van der Waals surface area contributed by atoms with Crippen LogP contribution in [0.2, 0.25) is 0 Å². The molecule has 1 aliphatic heterocycles. The van der Waals surface area contributed by atoms with Crippen LogP contribution in [0.25, 0.3) is 0 Å². The zero-order chi connectivity index (χ0) is 11.6. The SMILES string of the molecule is CCCC1CC(NCCCCCO)CCO1. The summed E-state index contributed by atoms with van der Waals surface area (Å²) in [7, 11) is 0. The zero-order valence-electron chi connectivity index (χ0n) is 10.6. The molecule has 0 aromatic rings. The van der Waals surface area contributed by atoms with Gasteiger partial charge in [0.15, 0.2) is 0 Å². The molecule has 1 heterocycles. The summed E-state index contributed by atoms with van der Waals surface area (Å²) in [5.74, 6) is 0. The molecule has 1 fully saturated rings. The van der Waals surface area contributed by atoms with E-state index in [1.165, 1.54) is 25.7 Å². The standard InChI is InChI=1S/C13H27NO2/c1-2-6-13-11-12(7-10-16-13)14-8-4-3-5-9-15/h12-15H,2-11H2,1H3. The number of aliphatic hydroxyl groups is 1. The molecule has 0 spiro atoms. The van der Waals surface area contributed by atoms with Crippen molar-refractivity contribution < 1.29 is 9.84 Å². The van der Waals surface area contributed by atoms with Crippen LogP contribution in [0.1, 0.15) is 51.9 Å². The number of aliphatic hydroxyl groups excluding tert-OH is 1. The molecule has 0 aliphatic carbocycles. The molecule has 2 N–H and O–H groups in total. The topological polar surface area (TPSA) is 41.5 Å². The van der Waals surface area contributed by atoms with Gasteiger partial charge >= 0.3 is 0 Å². The highest BCUT2D eigenvalue weighted by molar-refractivity contribution is 4.76. The molecule has 0 bridgehead atoms. The fourth-order valence-electron chi connectivity index (χ4n) is 2.31. The Balaban J connectivity index is 2.02. The summed E-state index contributed by atoms with van der Waals surface area (Å²) in [4.78, 5) is 0. The molecule has 0 saturated carbocycles.